The van der Waals surface area contributed by atoms with Gasteiger partial charge < -0.3 is 10.2 Å². The zero-order chi connectivity index (χ0) is 20.1. The quantitative estimate of drug-likeness (QED) is 0.803. The van der Waals surface area contributed by atoms with E-state index in [1.807, 2.05) is 4.90 Å². The zero-order valence-electron chi connectivity index (χ0n) is 16.1. The van der Waals surface area contributed by atoms with Gasteiger partial charge >= 0.3 is 6.03 Å². The minimum Gasteiger partial charge on any atom is -0.336 e. The molecular weight excluding hydrogens is 380 g/mol. The van der Waals surface area contributed by atoms with Gasteiger partial charge in [-0.25, -0.2) is 4.79 Å². The van der Waals surface area contributed by atoms with E-state index in [9.17, 15) is 14.4 Å². The van der Waals surface area contributed by atoms with Crippen LogP contribution in [0.4, 0.5) is 4.79 Å². The van der Waals surface area contributed by atoms with Gasteiger partial charge in [-0.05, 0) is 44.0 Å². The second-order valence-electron chi connectivity index (χ2n) is 7.46. The van der Waals surface area contributed by atoms with Gasteiger partial charge in [-0.2, -0.15) is 0 Å². The molecule has 0 aromatic heterocycles. The number of imide groups is 1. The number of halogens is 1. The summed E-state index contributed by atoms with van der Waals surface area (Å²) in [7, 11) is 0. The summed E-state index contributed by atoms with van der Waals surface area (Å²) in [6, 6.07) is 6.17. The summed E-state index contributed by atoms with van der Waals surface area (Å²) >= 11 is 5.87. The molecule has 152 valence electrons. The third-order valence-electron chi connectivity index (χ3n) is 5.55. The fourth-order valence-electron chi connectivity index (χ4n) is 3.76. The van der Waals surface area contributed by atoms with Crippen molar-refractivity contribution >= 4 is 29.4 Å². The molecule has 7 nitrogen and oxygen atoms in total. The number of carbonyl (C=O) groups is 3. The van der Waals surface area contributed by atoms with Gasteiger partial charge in [0.1, 0.15) is 0 Å². The molecule has 0 spiro atoms. The first-order valence-corrected chi connectivity index (χ1v) is 10.2. The smallest absolute Gasteiger partial charge is 0.321 e. The van der Waals surface area contributed by atoms with Crippen molar-refractivity contribution in [1.29, 1.82) is 0 Å². The van der Waals surface area contributed by atoms with Crippen molar-refractivity contribution in [3.05, 3.63) is 34.9 Å². The Hall–Kier alpha value is -2.12. The summed E-state index contributed by atoms with van der Waals surface area (Å²) in [4.78, 5) is 40.7. The molecule has 1 unspecified atom stereocenters. The first-order valence-electron chi connectivity index (χ1n) is 9.84. The molecule has 1 aliphatic carbocycles. The van der Waals surface area contributed by atoms with E-state index in [0.29, 0.717) is 36.8 Å². The van der Waals surface area contributed by atoms with E-state index in [2.05, 4.69) is 10.6 Å². The molecule has 2 fully saturated rings. The first kappa shape index (κ1) is 20.6. The van der Waals surface area contributed by atoms with E-state index in [0.717, 1.165) is 25.7 Å². The molecule has 4 amide bonds. The number of urea groups is 1. The summed E-state index contributed by atoms with van der Waals surface area (Å²) < 4.78 is 0. The lowest BCUT2D eigenvalue weighted by molar-refractivity contribution is -0.125. The number of hydrogen-bond acceptors (Lipinski definition) is 4. The average molecular weight is 407 g/mol. The van der Waals surface area contributed by atoms with Crippen LogP contribution in [0.25, 0.3) is 0 Å². The molecule has 1 atom stereocenters. The lowest BCUT2D eigenvalue weighted by Crippen LogP contribution is -2.56. The Bertz CT molecular complexity index is 711. The van der Waals surface area contributed by atoms with Crippen LogP contribution in [0.1, 0.15) is 43.0 Å². The lowest BCUT2D eigenvalue weighted by Gasteiger charge is -2.37. The van der Waals surface area contributed by atoms with E-state index in [4.69, 9.17) is 11.6 Å². The third kappa shape index (κ3) is 5.23. The molecule has 1 aliphatic heterocycles. The molecule has 8 heteroatoms. The third-order valence-corrected chi connectivity index (χ3v) is 5.80. The fourth-order valence-corrected chi connectivity index (χ4v) is 3.89. The normalized spacial score (nSPS) is 19.3. The van der Waals surface area contributed by atoms with Crippen LogP contribution in [0.2, 0.25) is 5.02 Å². The molecule has 1 aromatic rings. The summed E-state index contributed by atoms with van der Waals surface area (Å²) in [5.41, 5.74) is 0.604. The maximum atomic E-state index is 12.6. The molecule has 1 saturated carbocycles. The number of benzene rings is 1. The van der Waals surface area contributed by atoms with Crippen LogP contribution >= 0.6 is 11.6 Å². The molecule has 28 heavy (non-hydrogen) atoms. The highest BCUT2D eigenvalue weighted by Crippen LogP contribution is 2.17. The predicted octanol–water partition coefficient (Wildman–Crippen LogP) is 2.25. The van der Waals surface area contributed by atoms with E-state index in [1.54, 1.807) is 36.1 Å². The Morgan fingerprint density at radius 3 is 2.25 bits per heavy atom. The Labute approximate surface area is 170 Å². The van der Waals surface area contributed by atoms with Crippen molar-refractivity contribution in [1.82, 2.24) is 20.4 Å². The van der Waals surface area contributed by atoms with Crippen molar-refractivity contribution in [2.24, 2.45) is 0 Å². The van der Waals surface area contributed by atoms with Gasteiger partial charge in [0.2, 0.25) is 5.91 Å². The summed E-state index contributed by atoms with van der Waals surface area (Å²) in [5, 5.41) is 5.90. The van der Waals surface area contributed by atoms with Gasteiger partial charge in [0.05, 0.1) is 6.04 Å². The minimum atomic E-state index is -0.429. The van der Waals surface area contributed by atoms with Crippen LogP contribution in [0, 0.1) is 0 Å². The highest BCUT2D eigenvalue weighted by molar-refractivity contribution is 6.30. The Balaban J connectivity index is 1.45. The van der Waals surface area contributed by atoms with Crippen molar-refractivity contribution in [3.8, 4) is 0 Å². The first-order chi connectivity index (χ1) is 13.4. The highest BCUT2D eigenvalue weighted by atomic mass is 35.5. The molecule has 0 radical (unpaired) electrons. The van der Waals surface area contributed by atoms with Gasteiger partial charge in [-0.1, -0.05) is 24.4 Å². The number of carbonyl (C=O) groups excluding carboxylic acids is 3. The fraction of sp³-hybridized carbons (Fsp3) is 0.550. The van der Waals surface area contributed by atoms with Gasteiger partial charge in [-0.3, -0.25) is 19.8 Å². The number of rotatable bonds is 4. The second kappa shape index (κ2) is 9.39. The molecular formula is C20H27ClN4O3. The molecule has 1 heterocycles. The maximum absolute atomic E-state index is 12.6. The van der Waals surface area contributed by atoms with E-state index >= 15 is 0 Å². The van der Waals surface area contributed by atoms with Gasteiger partial charge in [-0.15, -0.1) is 0 Å². The lowest BCUT2D eigenvalue weighted by atomic mass is 10.1. The minimum absolute atomic E-state index is 0.0376. The van der Waals surface area contributed by atoms with Gasteiger partial charge in [0, 0.05) is 42.8 Å². The number of nitrogens with one attached hydrogen (secondary N) is 2. The van der Waals surface area contributed by atoms with Crippen molar-refractivity contribution < 1.29 is 14.4 Å². The Morgan fingerprint density at radius 2 is 1.64 bits per heavy atom. The van der Waals surface area contributed by atoms with E-state index in [1.165, 1.54) is 0 Å². The number of amides is 4. The van der Waals surface area contributed by atoms with Gasteiger partial charge in [0.15, 0.2) is 0 Å². The van der Waals surface area contributed by atoms with Gasteiger partial charge in [0.25, 0.3) is 5.91 Å². The van der Waals surface area contributed by atoms with Crippen molar-refractivity contribution in [2.45, 2.75) is 44.7 Å². The van der Waals surface area contributed by atoms with Crippen LogP contribution in [-0.4, -0.2) is 65.9 Å². The van der Waals surface area contributed by atoms with Crippen LogP contribution in [0.5, 0.6) is 0 Å². The van der Waals surface area contributed by atoms with Crippen LogP contribution in [-0.2, 0) is 4.79 Å². The van der Waals surface area contributed by atoms with Crippen molar-refractivity contribution in [3.63, 3.8) is 0 Å². The van der Waals surface area contributed by atoms with E-state index < -0.39 is 12.1 Å². The number of hydrogen-bond donors (Lipinski definition) is 2. The largest absolute Gasteiger partial charge is 0.336 e. The second-order valence-corrected chi connectivity index (χ2v) is 7.89. The molecule has 2 aliphatic rings. The van der Waals surface area contributed by atoms with Crippen molar-refractivity contribution in [2.75, 3.05) is 26.2 Å². The number of nitrogens with zero attached hydrogens (tertiary/aromatic N) is 2. The molecule has 1 saturated heterocycles. The SMILES string of the molecule is CC(C(=O)NC(=O)NC1CCCC1)N1CCN(C(=O)c2ccc(Cl)cc2)CC1. The van der Waals surface area contributed by atoms with Crippen LogP contribution < -0.4 is 10.6 Å². The molecule has 1 aromatic carbocycles. The Kier molecular flexibility index (Phi) is 6.91. The maximum Gasteiger partial charge on any atom is 0.321 e. The predicted molar refractivity (Wildman–Crippen MR) is 107 cm³/mol. The molecule has 2 N–H and O–H groups in total. The topological polar surface area (TPSA) is 81.8 Å². The summed E-state index contributed by atoms with van der Waals surface area (Å²) in [6.45, 7) is 4.02. The van der Waals surface area contributed by atoms with Crippen LogP contribution in [0.3, 0.4) is 0 Å². The summed E-state index contributed by atoms with van der Waals surface area (Å²) in [6.07, 6.45) is 4.18. The van der Waals surface area contributed by atoms with E-state index in [-0.39, 0.29) is 17.9 Å². The molecule has 3 rings (SSSR count). The van der Waals surface area contributed by atoms with Crippen LogP contribution in [0.15, 0.2) is 24.3 Å². The highest BCUT2D eigenvalue weighted by Gasteiger charge is 2.29. The monoisotopic (exact) mass is 406 g/mol. The number of piperazine rings is 1. The zero-order valence-corrected chi connectivity index (χ0v) is 16.9. The molecule has 0 bridgehead atoms. The Morgan fingerprint density at radius 1 is 1.04 bits per heavy atom. The average Bonchev–Trinajstić information content (AvgIpc) is 3.20. The summed E-state index contributed by atoms with van der Waals surface area (Å²) in [5.74, 6) is -0.350. The standard InChI is InChI=1S/C20H27ClN4O3/c1-14(18(26)23-20(28)22-17-4-2-3-5-17)24-10-12-25(13-11-24)19(27)15-6-8-16(21)9-7-15/h6-9,14,17H,2-5,10-13H2,1H3,(H2,22,23,26,28).